The smallest absolute Gasteiger partial charge is 0.224 e. The lowest BCUT2D eigenvalue weighted by Gasteiger charge is -2.32. The van der Waals surface area contributed by atoms with E-state index in [9.17, 15) is 4.79 Å². The number of carbonyl (C=O) groups excluding carboxylic acids is 1. The number of hydrogen-bond acceptors (Lipinski definition) is 6. The Kier molecular flexibility index (Phi) is 5.71. The third kappa shape index (κ3) is 4.42. The quantitative estimate of drug-likeness (QED) is 0.692. The topological polar surface area (TPSA) is 67.3 Å². The summed E-state index contributed by atoms with van der Waals surface area (Å²) in [5.41, 5.74) is 1.95. The van der Waals surface area contributed by atoms with Crippen LogP contribution in [-0.4, -0.2) is 41.6 Å². The van der Waals surface area contributed by atoms with Crippen molar-refractivity contribution in [3.05, 3.63) is 48.2 Å². The van der Waals surface area contributed by atoms with Gasteiger partial charge in [-0.25, -0.2) is 9.97 Å². The van der Waals surface area contributed by atoms with Crippen LogP contribution in [0.5, 0.6) is 5.75 Å². The number of hydrogen-bond donors (Lipinski definition) is 1. The van der Waals surface area contributed by atoms with E-state index >= 15 is 0 Å². The predicted octanol–water partition coefficient (Wildman–Crippen LogP) is 3.42. The van der Waals surface area contributed by atoms with Crippen molar-refractivity contribution in [1.82, 2.24) is 15.3 Å². The summed E-state index contributed by atoms with van der Waals surface area (Å²) in [6.45, 7) is 4.40. The molecule has 3 aromatic rings. The molecule has 0 saturated carbocycles. The van der Waals surface area contributed by atoms with Crippen molar-refractivity contribution in [3.63, 3.8) is 0 Å². The number of ether oxygens (including phenoxy) is 1. The largest absolute Gasteiger partial charge is 0.494 e. The Labute approximate surface area is 168 Å². The molecule has 6 nitrogen and oxygen atoms in total. The molecule has 7 heteroatoms. The summed E-state index contributed by atoms with van der Waals surface area (Å²) >= 11 is 1.63. The zero-order valence-electron chi connectivity index (χ0n) is 15.9. The van der Waals surface area contributed by atoms with E-state index in [2.05, 4.69) is 20.2 Å². The number of amides is 1. The molecule has 1 amide bonds. The number of nitrogens with one attached hydrogen (secondary N) is 1. The van der Waals surface area contributed by atoms with Gasteiger partial charge in [0, 0.05) is 25.3 Å². The summed E-state index contributed by atoms with van der Waals surface area (Å²) in [6.07, 6.45) is 4.06. The average Bonchev–Trinajstić information content (AvgIpc) is 3.14. The first-order chi connectivity index (χ1) is 13.7. The van der Waals surface area contributed by atoms with E-state index in [1.165, 1.54) is 0 Å². The van der Waals surface area contributed by atoms with Gasteiger partial charge >= 0.3 is 0 Å². The normalized spacial score (nSPS) is 15.0. The standard InChI is InChI=1S/C21H24N4O2S/c1-2-27-17-7-5-15(6-8-17)14-19(26)23-16-9-12-25(13-10-16)21-24-18-4-3-11-22-20(18)28-21/h3-8,11,16H,2,9-10,12-14H2,1H3,(H,23,26). The lowest BCUT2D eigenvalue weighted by Crippen LogP contribution is -2.45. The average molecular weight is 397 g/mol. The fourth-order valence-corrected chi connectivity index (χ4v) is 4.40. The molecule has 2 aromatic heterocycles. The van der Waals surface area contributed by atoms with E-state index < -0.39 is 0 Å². The van der Waals surface area contributed by atoms with Crippen LogP contribution < -0.4 is 15.0 Å². The minimum Gasteiger partial charge on any atom is -0.494 e. The van der Waals surface area contributed by atoms with Crippen LogP contribution >= 0.6 is 11.3 Å². The second kappa shape index (κ2) is 8.56. The maximum absolute atomic E-state index is 12.4. The van der Waals surface area contributed by atoms with Gasteiger partial charge in [-0.3, -0.25) is 4.79 Å². The number of carbonyl (C=O) groups is 1. The molecule has 1 aliphatic heterocycles. The summed E-state index contributed by atoms with van der Waals surface area (Å²) in [4.78, 5) is 24.7. The third-order valence-electron chi connectivity index (χ3n) is 4.88. The number of anilines is 1. The molecule has 0 radical (unpaired) electrons. The van der Waals surface area contributed by atoms with E-state index in [1.807, 2.05) is 43.3 Å². The molecule has 146 valence electrons. The fourth-order valence-electron chi connectivity index (χ4n) is 3.44. The van der Waals surface area contributed by atoms with Gasteiger partial charge in [-0.2, -0.15) is 0 Å². The fraction of sp³-hybridized carbons (Fsp3) is 0.381. The second-order valence-corrected chi connectivity index (χ2v) is 7.86. The molecule has 0 unspecified atom stereocenters. The maximum atomic E-state index is 12.4. The van der Waals surface area contributed by atoms with Gasteiger partial charge in [-0.1, -0.05) is 23.5 Å². The number of piperidine rings is 1. The van der Waals surface area contributed by atoms with E-state index in [0.29, 0.717) is 13.0 Å². The molecule has 28 heavy (non-hydrogen) atoms. The summed E-state index contributed by atoms with van der Waals surface area (Å²) in [5.74, 6) is 0.913. The van der Waals surface area contributed by atoms with Crippen molar-refractivity contribution < 1.29 is 9.53 Å². The van der Waals surface area contributed by atoms with Gasteiger partial charge in [0.05, 0.1) is 13.0 Å². The molecule has 1 aliphatic rings. The maximum Gasteiger partial charge on any atom is 0.224 e. The molecule has 0 atom stereocenters. The third-order valence-corrected chi connectivity index (χ3v) is 5.92. The van der Waals surface area contributed by atoms with Crippen LogP contribution in [0.1, 0.15) is 25.3 Å². The number of thiazole rings is 1. The minimum absolute atomic E-state index is 0.0757. The van der Waals surface area contributed by atoms with E-state index in [1.54, 1.807) is 17.5 Å². The molecule has 4 rings (SSSR count). The molecule has 1 aromatic carbocycles. The van der Waals surface area contributed by atoms with Crippen LogP contribution in [0.25, 0.3) is 10.3 Å². The molecule has 0 aliphatic carbocycles. The van der Waals surface area contributed by atoms with Crippen molar-refractivity contribution >= 4 is 32.7 Å². The van der Waals surface area contributed by atoms with Gasteiger partial charge in [0.1, 0.15) is 16.1 Å². The van der Waals surface area contributed by atoms with Crippen molar-refractivity contribution in [2.45, 2.75) is 32.2 Å². The minimum atomic E-state index is 0.0757. The molecule has 0 bridgehead atoms. The SMILES string of the molecule is CCOc1ccc(CC(=O)NC2CCN(c3nc4cccnc4s3)CC2)cc1. The zero-order valence-corrected chi connectivity index (χ0v) is 16.7. The highest BCUT2D eigenvalue weighted by Crippen LogP contribution is 2.29. The van der Waals surface area contributed by atoms with Gasteiger partial charge < -0.3 is 15.0 Å². The number of fused-ring (bicyclic) bond motifs is 1. The summed E-state index contributed by atoms with van der Waals surface area (Å²) in [7, 11) is 0. The highest BCUT2D eigenvalue weighted by Gasteiger charge is 2.23. The summed E-state index contributed by atoms with van der Waals surface area (Å²) < 4.78 is 5.44. The Morgan fingerprint density at radius 1 is 1.25 bits per heavy atom. The molecule has 1 N–H and O–H groups in total. The molecule has 3 heterocycles. The first-order valence-electron chi connectivity index (χ1n) is 9.69. The Balaban J connectivity index is 1.27. The molecular weight excluding hydrogens is 372 g/mol. The van der Waals surface area contributed by atoms with Crippen LogP contribution in [0, 0.1) is 0 Å². The van der Waals surface area contributed by atoms with Gasteiger partial charge in [0.2, 0.25) is 5.91 Å². The lowest BCUT2D eigenvalue weighted by atomic mass is 10.0. The first kappa shape index (κ1) is 18.7. The number of benzene rings is 1. The van der Waals surface area contributed by atoms with Crippen molar-refractivity contribution in [1.29, 1.82) is 0 Å². The molecular formula is C21H24N4O2S. The van der Waals surface area contributed by atoms with Gasteiger partial charge in [0.25, 0.3) is 0 Å². The van der Waals surface area contributed by atoms with Crippen LogP contribution in [0.15, 0.2) is 42.6 Å². The van der Waals surface area contributed by atoms with Crippen LogP contribution in [0.2, 0.25) is 0 Å². The Hall–Kier alpha value is -2.67. The highest BCUT2D eigenvalue weighted by molar-refractivity contribution is 7.21. The van der Waals surface area contributed by atoms with Crippen LogP contribution in [0.3, 0.4) is 0 Å². The van der Waals surface area contributed by atoms with E-state index in [4.69, 9.17) is 4.74 Å². The van der Waals surface area contributed by atoms with Crippen molar-refractivity contribution in [2.24, 2.45) is 0 Å². The lowest BCUT2D eigenvalue weighted by molar-refractivity contribution is -0.121. The molecule has 0 spiro atoms. The van der Waals surface area contributed by atoms with E-state index in [-0.39, 0.29) is 11.9 Å². The monoisotopic (exact) mass is 396 g/mol. The van der Waals surface area contributed by atoms with Crippen molar-refractivity contribution in [2.75, 3.05) is 24.6 Å². The number of aromatic nitrogens is 2. The second-order valence-electron chi connectivity index (χ2n) is 6.91. The number of rotatable bonds is 6. The number of nitrogens with zero attached hydrogens (tertiary/aromatic N) is 3. The van der Waals surface area contributed by atoms with E-state index in [0.717, 1.165) is 52.7 Å². The first-order valence-corrected chi connectivity index (χ1v) is 10.5. The predicted molar refractivity (Wildman–Crippen MR) is 112 cm³/mol. The van der Waals surface area contributed by atoms with Crippen molar-refractivity contribution in [3.8, 4) is 5.75 Å². The summed E-state index contributed by atoms with van der Waals surface area (Å²) in [6, 6.07) is 11.9. The Morgan fingerprint density at radius 3 is 2.75 bits per heavy atom. The molecule has 1 fully saturated rings. The van der Waals surface area contributed by atoms with Crippen LogP contribution in [-0.2, 0) is 11.2 Å². The van der Waals surface area contributed by atoms with Gasteiger partial charge in [0.15, 0.2) is 5.13 Å². The molecule has 1 saturated heterocycles. The zero-order chi connectivity index (χ0) is 19.3. The highest BCUT2D eigenvalue weighted by atomic mass is 32.1. The Bertz CT molecular complexity index is 900. The van der Waals surface area contributed by atoms with Gasteiger partial charge in [-0.05, 0) is 49.6 Å². The van der Waals surface area contributed by atoms with Crippen LogP contribution in [0.4, 0.5) is 5.13 Å². The number of pyridine rings is 1. The van der Waals surface area contributed by atoms with Gasteiger partial charge in [-0.15, -0.1) is 0 Å². The Morgan fingerprint density at radius 2 is 2.04 bits per heavy atom. The summed E-state index contributed by atoms with van der Waals surface area (Å²) in [5, 5.41) is 4.20.